The van der Waals surface area contributed by atoms with Gasteiger partial charge in [-0.25, -0.2) is 13.1 Å². The molecular formula is C18H24Cl2N2O3S. The Morgan fingerprint density at radius 2 is 1.81 bits per heavy atom. The van der Waals surface area contributed by atoms with E-state index in [0.717, 1.165) is 31.3 Å². The van der Waals surface area contributed by atoms with Crippen LogP contribution in [0.15, 0.2) is 41.3 Å². The van der Waals surface area contributed by atoms with Crippen LogP contribution in [0.4, 0.5) is 0 Å². The first-order valence-corrected chi connectivity index (χ1v) is 10.2. The predicted molar refractivity (Wildman–Crippen MR) is 108 cm³/mol. The molecule has 0 atom stereocenters. The number of fused-ring (bicyclic) bond motifs is 1. The molecule has 0 radical (unpaired) electrons. The monoisotopic (exact) mass is 418 g/mol. The van der Waals surface area contributed by atoms with Gasteiger partial charge in [0.1, 0.15) is 0 Å². The molecule has 0 aliphatic carbocycles. The summed E-state index contributed by atoms with van der Waals surface area (Å²) in [5.74, 6) is 0. The highest BCUT2D eigenvalue weighted by Crippen LogP contribution is 2.31. The number of hydrogen-bond donors (Lipinski definition) is 2. The largest absolute Gasteiger partial charge is 0.384 e. The molecule has 26 heavy (non-hydrogen) atoms. The molecule has 1 saturated heterocycles. The zero-order chi connectivity index (χ0) is 17.9. The Morgan fingerprint density at radius 3 is 2.46 bits per heavy atom. The van der Waals surface area contributed by atoms with E-state index in [1.807, 2.05) is 18.2 Å². The second-order valence-electron chi connectivity index (χ2n) is 6.60. The Labute approximate surface area is 165 Å². The van der Waals surface area contributed by atoms with Gasteiger partial charge in [-0.3, -0.25) is 0 Å². The van der Waals surface area contributed by atoms with Crippen molar-refractivity contribution in [2.24, 2.45) is 5.41 Å². The molecule has 1 aliphatic heterocycles. The number of hydrogen-bond acceptors (Lipinski definition) is 4. The average Bonchev–Trinajstić information content (AvgIpc) is 2.62. The highest BCUT2D eigenvalue weighted by Gasteiger charge is 2.34. The van der Waals surface area contributed by atoms with Crippen LogP contribution in [0.5, 0.6) is 0 Å². The van der Waals surface area contributed by atoms with Crippen molar-refractivity contribution in [2.75, 3.05) is 33.4 Å². The summed E-state index contributed by atoms with van der Waals surface area (Å²) in [5, 5.41) is 5.22. The van der Waals surface area contributed by atoms with Gasteiger partial charge in [0.15, 0.2) is 0 Å². The predicted octanol–water partition coefficient (Wildman–Crippen LogP) is 3.21. The third-order valence-electron chi connectivity index (χ3n) is 4.87. The molecule has 1 aliphatic rings. The summed E-state index contributed by atoms with van der Waals surface area (Å²) in [5.41, 5.74) is -0.171. The minimum atomic E-state index is -3.64. The van der Waals surface area contributed by atoms with Crippen molar-refractivity contribution in [1.29, 1.82) is 0 Å². The lowest BCUT2D eigenvalue weighted by Crippen LogP contribution is -2.47. The van der Waals surface area contributed by atoms with Gasteiger partial charge < -0.3 is 10.1 Å². The molecule has 0 amide bonds. The van der Waals surface area contributed by atoms with E-state index in [4.69, 9.17) is 16.3 Å². The molecule has 1 heterocycles. The summed E-state index contributed by atoms with van der Waals surface area (Å²) in [6, 6.07) is 10.5. The van der Waals surface area contributed by atoms with E-state index < -0.39 is 10.0 Å². The Morgan fingerprint density at radius 1 is 1.15 bits per heavy atom. The fraction of sp³-hybridized carbons (Fsp3) is 0.444. The van der Waals surface area contributed by atoms with Crippen molar-refractivity contribution in [3.63, 3.8) is 0 Å². The summed E-state index contributed by atoms with van der Waals surface area (Å²) >= 11 is 6.20. The van der Waals surface area contributed by atoms with Crippen molar-refractivity contribution in [2.45, 2.75) is 17.7 Å². The van der Waals surface area contributed by atoms with Crippen LogP contribution in [0.3, 0.4) is 0 Å². The molecule has 5 nitrogen and oxygen atoms in total. The molecule has 144 valence electrons. The second kappa shape index (κ2) is 8.87. The fourth-order valence-electron chi connectivity index (χ4n) is 3.43. The smallest absolute Gasteiger partial charge is 0.241 e. The van der Waals surface area contributed by atoms with Crippen LogP contribution in [0, 0.1) is 5.41 Å². The van der Waals surface area contributed by atoms with Gasteiger partial charge in [0.05, 0.1) is 11.5 Å². The van der Waals surface area contributed by atoms with Crippen molar-refractivity contribution >= 4 is 44.8 Å². The molecule has 0 aromatic heterocycles. The molecule has 1 fully saturated rings. The number of methoxy groups -OCH3 is 1. The Bertz CT molecular complexity index is 847. The van der Waals surface area contributed by atoms with E-state index in [9.17, 15) is 8.42 Å². The van der Waals surface area contributed by atoms with E-state index in [-0.39, 0.29) is 22.7 Å². The van der Waals surface area contributed by atoms with E-state index in [1.54, 1.807) is 25.3 Å². The Balaban J connectivity index is 0.00000243. The van der Waals surface area contributed by atoms with Crippen LogP contribution in [0.25, 0.3) is 10.8 Å². The van der Waals surface area contributed by atoms with Gasteiger partial charge in [-0.1, -0.05) is 35.9 Å². The van der Waals surface area contributed by atoms with Crippen LogP contribution >= 0.6 is 24.0 Å². The summed E-state index contributed by atoms with van der Waals surface area (Å²) in [4.78, 5) is 0.258. The molecule has 3 rings (SSSR count). The van der Waals surface area contributed by atoms with Crippen LogP contribution in [-0.2, 0) is 14.8 Å². The van der Waals surface area contributed by atoms with Crippen molar-refractivity contribution in [3.8, 4) is 0 Å². The third-order valence-corrected chi connectivity index (χ3v) is 6.66. The van der Waals surface area contributed by atoms with Gasteiger partial charge in [0, 0.05) is 34.9 Å². The van der Waals surface area contributed by atoms with Gasteiger partial charge >= 0.3 is 0 Å². The number of sulfonamides is 1. The number of piperidine rings is 1. The molecule has 8 heteroatoms. The first-order chi connectivity index (χ1) is 12.0. The van der Waals surface area contributed by atoms with E-state index in [1.165, 1.54) is 0 Å². The first kappa shape index (κ1) is 21.4. The molecule has 2 aromatic carbocycles. The minimum absolute atomic E-state index is 0. The minimum Gasteiger partial charge on any atom is -0.384 e. The summed E-state index contributed by atoms with van der Waals surface area (Å²) in [7, 11) is -1.99. The summed E-state index contributed by atoms with van der Waals surface area (Å²) < 4.78 is 34.0. The lowest BCUT2D eigenvalue weighted by atomic mass is 9.80. The van der Waals surface area contributed by atoms with Gasteiger partial charge in [-0.15, -0.1) is 12.4 Å². The normalized spacial score (nSPS) is 17.0. The standard InChI is InChI=1S/C18H23ClN2O3S.ClH/c1-24-13-18(8-10-20-11-9-18)12-21-25(22,23)17-7-6-16(19)14-4-2-3-5-15(14)17;/h2-7,20-21H,8-13H2,1H3;1H. The first-order valence-electron chi connectivity index (χ1n) is 8.34. The topological polar surface area (TPSA) is 67.4 Å². The zero-order valence-electron chi connectivity index (χ0n) is 14.6. The molecular weight excluding hydrogens is 395 g/mol. The van der Waals surface area contributed by atoms with E-state index >= 15 is 0 Å². The summed E-state index contributed by atoms with van der Waals surface area (Å²) in [6.07, 6.45) is 1.76. The quantitative estimate of drug-likeness (QED) is 0.755. The number of nitrogens with one attached hydrogen (secondary N) is 2. The van der Waals surface area contributed by atoms with Crippen LogP contribution in [-0.4, -0.2) is 41.8 Å². The van der Waals surface area contributed by atoms with Crippen LogP contribution < -0.4 is 10.0 Å². The van der Waals surface area contributed by atoms with Gasteiger partial charge in [-0.2, -0.15) is 0 Å². The van der Waals surface area contributed by atoms with Gasteiger partial charge in [0.2, 0.25) is 10.0 Å². The van der Waals surface area contributed by atoms with Gasteiger partial charge in [0.25, 0.3) is 0 Å². The van der Waals surface area contributed by atoms with Crippen molar-refractivity contribution < 1.29 is 13.2 Å². The van der Waals surface area contributed by atoms with E-state index in [0.29, 0.717) is 23.6 Å². The molecule has 2 aromatic rings. The maximum atomic E-state index is 12.9. The third kappa shape index (κ3) is 4.50. The van der Waals surface area contributed by atoms with Crippen molar-refractivity contribution in [3.05, 3.63) is 41.4 Å². The van der Waals surface area contributed by atoms with Crippen molar-refractivity contribution in [1.82, 2.24) is 10.0 Å². The van der Waals surface area contributed by atoms with Crippen LogP contribution in [0.2, 0.25) is 5.02 Å². The Hall–Kier alpha value is -0.890. The zero-order valence-corrected chi connectivity index (χ0v) is 17.0. The number of rotatable bonds is 6. The second-order valence-corrected chi connectivity index (χ2v) is 8.74. The van der Waals surface area contributed by atoms with Gasteiger partial charge in [-0.05, 0) is 38.1 Å². The highest BCUT2D eigenvalue weighted by atomic mass is 35.5. The maximum absolute atomic E-state index is 12.9. The number of ether oxygens (including phenoxy) is 1. The molecule has 0 spiro atoms. The average molecular weight is 419 g/mol. The SMILES string of the molecule is COCC1(CNS(=O)(=O)c2ccc(Cl)c3ccccc23)CCNCC1.Cl. The molecule has 0 unspecified atom stereocenters. The number of halogens is 2. The Kier molecular flexibility index (Phi) is 7.30. The fourth-order valence-corrected chi connectivity index (χ4v) is 5.02. The summed E-state index contributed by atoms with van der Waals surface area (Å²) in [6.45, 7) is 2.64. The lowest BCUT2D eigenvalue weighted by molar-refractivity contribution is 0.0577. The van der Waals surface area contributed by atoms with Crippen LogP contribution in [0.1, 0.15) is 12.8 Å². The molecule has 2 N–H and O–H groups in total. The highest BCUT2D eigenvalue weighted by molar-refractivity contribution is 7.89. The maximum Gasteiger partial charge on any atom is 0.241 e. The molecule has 0 saturated carbocycles. The number of benzene rings is 2. The molecule has 0 bridgehead atoms. The lowest BCUT2D eigenvalue weighted by Gasteiger charge is -2.37. The van der Waals surface area contributed by atoms with E-state index in [2.05, 4.69) is 10.0 Å².